The summed E-state index contributed by atoms with van der Waals surface area (Å²) >= 11 is 0. The van der Waals surface area contributed by atoms with Crippen molar-refractivity contribution in [2.45, 2.75) is 31.8 Å². The average molecular weight is 205 g/mol. The van der Waals surface area contributed by atoms with Gasteiger partial charge in [0.05, 0.1) is 0 Å². The standard InChI is InChI=1S/C12H19N3/c1-2-15(10-12(13)5-6-12)9-11-3-7-14-8-4-11/h3-4,7-8H,2,5-6,9-10,13H2,1H3. The van der Waals surface area contributed by atoms with Gasteiger partial charge in [-0.1, -0.05) is 6.92 Å². The third kappa shape index (κ3) is 3.01. The molecule has 0 amide bonds. The fourth-order valence-corrected chi connectivity index (χ4v) is 1.79. The van der Waals surface area contributed by atoms with Gasteiger partial charge in [0.15, 0.2) is 0 Å². The molecule has 0 unspecified atom stereocenters. The maximum atomic E-state index is 6.12. The summed E-state index contributed by atoms with van der Waals surface area (Å²) in [6.07, 6.45) is 6.05. The van der Waals surface area contributed by atoms with E-state index in [-0.39, 0.29) is 5.54 Å². The molecule has 0 spiro atoms. The van der Waals surface area contributed by atoms with E-state index in [0.29, 0.717) is 0 Å². The molecule has 0 bridgehead atoms. The maximum Gasteiger partial charge on any atom is 0.0284 e. The van der Waals surface area contributed by atoms with Crippen molar-refractivity contribution >= 4 is 0 Å². The highest BCUT2D eigenvalue weighted by molar-refractivity contribution is 5.10. The molecule has 0 radical (unpaired) electrons. The Morgan fingerprint density at radius 1 is 1.40 bits per heavy atom. The monoisotopic (exact) mass is 205 g/mol. The molecule has 1 heterocycles. The minimum absolute atomic E-state index is 0.114. The van der Waals surface area contributed by atoms with Gasteiger partial charge in [-0.05, 0) is 37.1 Å². The number of nitrogens with two attached hydrogens (primary N) is 1. The summed E-state index contributed by atoms with van der Waals surface area (Å²) in [6.45, 7) is 5.25. The molecular formula is C12H19N3. The van der Waals surface area contributed by atoms with Crippen LogP contribution in [0.1, 0.15) is 25.3 Å². The van der Waals surface area contributed by atoms with Gasteiger partial charge in [-0.3, -0.25) is 9.88 Å². The molecule has 1 aliphatic carbocycles. The Hall–Kier alpha value is -0.930. The summed E-state index contributed by atoms with van der Waals surface area (Å²) in [4.78, 5) is 6.43. The Labute approximate surface area is 91.3 Å². The highest BCUT2D eigenvalue weighted by atomic mass is 15.1. The van der Waals surface area contributed by atoms with E-state index < -0.39 is 0 Å². The summed E-state index contributed by atoms with van der Waals surface area (Å²) in [7, 11) is 0. The number of aromatic nitrogens is 1. The Bertz CT molecular complexity index is 306. The first kappa shape index (κ1) is 10.6. The van der Waals surface area contributed by atoms with E-state index in [4.69, 9.17) is 5.73 Å². The molecular weight excluding hydrogens is 186 g/mol. The summed E-state index contributed by atoms with van der Waals surface area (Å²) < 4.78 is 0. The van der Waals surface area contributed by atoms with Crippen LogP contribution in [0.25, 0.3) is 0 Å². The predicted octanol–water partition coefficient (Wildman–Crippen LogP) is 1.39. The van der Waals surface area contributed by atoms with Crippen molar-refractivity contribution in [1.29, 1.82) is 0 Å². The lowest BCUT2D eigenvalue weighted by Gasteiger charge is -2.23. The largest absolute Gasteiger partial charge is 0.324 e. The van der Waals surface area contributed by atoms with Gasteiger partial charge in [0.25, 0.3) is 0 Å². The molecule has 2 rings (SSSR count). The minimum Gasteiger partial charge on any atom is -0.324 e. The molecule has 3 nitrogen and oxygen atoms in total. The molecule has 2 N–H and O–H groups in total. The van der Waals surface area contributed by atoms with Crippen LogP contribution in [-0.2, 0) is 6.54 Å². The molecule has 0 atom stereocenters. The van der Waals surface area contributed by atoms with Crippen molar-refractivity contribution in [2.24, 2.45) is 5.73 Å². The van der Waals surface area contributed by atoms with Crippen molar-refractivity contribution < 1.29 is 0 Å². The van der Waals surface area contributed by atoms with Crippen LogP contribution < -0.4 is 5.73 Å². The lowest BCUT2D eigenvalue weighted by atomic mass is 10.2. The highest BCUT2D eigenvalue weighted by Gasteiger charge is 2.39. The average Bonchev–Trinajstić information content (AvgIpc) is 2.97. The first-order chi connectivity index (χ1) is 7.22. The van der Waals surface area contributed by atoms with E-state index in [1.807, 2.05) is 12.4 Å². The summed E-state index contributed by atoms with van der Waals surface area (Å²) in [6, 6.07) is 4.14. The van der Waals surface area contributed by atoms with Gasteiger partial charge in [0, 0.05) is 31.0 Å². The third-order valence-corrected chi connectivity index (χ3v) is 3.03. The zero-order valence-corrected chi connectivity index (χ0v) is 9.32. The maximum absolute atomic E-state index is 6.12. The van der Waals surface area contributed by atoms with Crippen molar-refractivity contribution in [2.75, 3.05) is 13.1 Å². The number of nitrogens with zero attached hydrogens (tertiary/aromatic N) is 2. The van der Waals surface area contributed by atoms with Crippen LogP contribution in [0.3, 0.4) is 0 Å². The summed E-state index contributed by atoms with van der Waals surface area (Å²) in [5.74, 6) is 0. The van der Waals surface area contributed by atoms with E-state index in [1.165, 1.54) is 18.4 Å². The van der Waals surface area contributed by atoms with Gasteiger partial charge in [0.1, 0.15) is 0 Å². The van der Waals surface area contributed by atoms with Crippen molar-refractivity contribution in [3.05, 3.63) is 30.1 Å². The molecule has 1 aromatic heterocycles. The van der Waals surface area contributed by atoms with Crippen molar-refractivity contribution in [3.63, 3.8) is 0 Å². The van der Waals surface area contributed by atoms with Gasteiger partial charge >= 0.3 is 0 Å². The van der Waals surface area contributed by atoms with Gasteiger partial charge in [-0.15, -0.1) is 0 Å². The minimum atomic E-state index is 0.114. The molecule has 0 saturated heterocycles. The number of likely N-dealkylation sites (N-methyl/N-ethyl adjacent to an activating group) is 1. The Balaban J connectivity index is 1.90. The second kappa shape index (κ2) is 4.29. The second-order valence-electron chi connectivity index (χ2n) is 4.52. The van der Waals surface area contributed by atoms with E-state index in [0.717, 1.165) is 19.6 Å². The summed E-state index contributed by atoms with van der Waals surface area (Å²) in [5, 5.41) is 0. The number of rotatable bonds is 5. The first-order valence-electron chi connectivity index (χ1n) is 5.62. The second-order valence-corrected chi connectivity index (χ2v) is 4.52. The van der Waals surface area contributed by atoms with Crippen LogP contribution in [0, 0.1) is 0 Å². The normalized spacial score (nSPS) is 18.1. The topological polar surface area (TPSA) is 42.2 Å². The Morgan fingerprint density at radius 3 is 2.60 bits per heavy atom. The number of hydrogen-bond donors (Lipinski definition) is 1. The molecule has 0 aromatic carbocycles. The van der Waals surface area contributed by atoms with E-state index in [2.05, 4.69) is 28.9 Å². The smallest absolute Gasteiger partial charge is 0.0284 e. The molecule has 15 heavy (non-hydrogen) atoms. The van der Waals surface area contributed by atoms with Crippen LogP contribution in [0.4, 0.5) is 0 Å². The fraction of sp³-hybridized carbons (Fsp3) is 0.583. The lowest BCUT2D eigenvalue weighted by molar-refractivity contribution is 0.254. The highest BCUT2D eigenvalue weighted by Crippen LogP contribution is 2.33. The van der Waals surface area contributed by atoms with E-state index in [1.54, 1.807) is 0 Å². The van der Waals surface area contributed by atoms with Crippen LogP contribution in [0.15, 0.2) is 24.5 Å². The van der Waals surface area contributed by atoms with Gasteiger partial charge < -0.3 is 5.73 Å². The number of pyridine rings is 1. The van der Waals surface area contributed by atoms with Crippen LogP contribution in [0.5, 0.6) is 0 Å². The molecule has 3 heteroatoms. The van der Waals surface area contributed by atoms with Crippen LogP contribution in [0.2, 0.25) is 0 Å². The third-order valence-electron chi connectivity index (χ3n) is 3.03. The fourth-order valence-electron chi connectivity index (χ4n) is 1.79. The molecule has 1 saturated carbocycles. The van der Waals surface area contributed by atoms with Crippen molar-refractivity contribution in [3.8, 4) is 0 Å². The number of hydrogen-bond acceptors (Lipinski definition) is 3. The molecule has 1 fully saturated rings. The van der Waals surface area contributed by atoms with Gasteiger partial charge in [-0.25, -0.2) is 0 Å². The Morgan fingerprint density at radius 2 is 2.07 bits per heavy atom. The van der Waals surface area contributed by atoms with Gasteiger partial charge in [0.2, 0.25) is 0 Å². The first-order valence-corrected chi connectivity index (χ1v) is 5.62. The van der Waals surface area contributed by atoms with Crippen molar-refractivity contribution in [1.82, 2.24) is 9.88 Å². The Kier molecular flexibility index (Phi) is 3.03. The summed E-state index contributed by atoms with van der Waals surface area (Å²) in [5.41, 5.74) is 7.55. The zero-order valence-electron chi connectivity index (χ0n) is 9.32. The van der Waals surface area contributed by atoms with Crippen LogP contribution in [-0.4, -0.2) is 28.5 Å². The van der Waals surface area contributed by atoms with Gasteiger partial charge in [-0.2, -0.15) is 0 Å². The molecule has 1 aromatic rings. The van der Waals surface area contributed by atoms with E-state index >= 15 is 0 Å². The van der Waals surface area contributed by atoms with E-state index in [9.17, 15) is 0 Å². The van der Waals surface area contributed by atoms with Crippen LogP contribution >= 0.6 is 0 Å². The zero-order chi connectivity index (χ0) is 10.7. The SMILES string of the molecule is CCN(Cc1ccncc1)CC1(N)CC1. The quantitative estimate of drug-likeness (QED) is 0.790. The molecule has 1 aliphatic rings. The predicted molar refractivity (Wildman–Crippen MR) is 61.3 cm³/mol. The molecule has 82 valence electrons. The molecule has 0 aliphatic heterocycles. The lowest BCUT2D eigenvalue weighted by Crippen LogP contribution is -2.38.